The second-order valence-corrected chi connectivity index (χ2v) is 5.57. The molecule has 1 N–H and O–H groups in total. The Kier molecular flexibility index (Phi) is 5.99. The Morgan fingerprint density at radius 3 is 2.29 bits per heavy atom. The van der Waals surface area contributed by atoms with E-state index < -0.39 is 0 Å². The van der Waals surface area contributed by atoms with E-state index in [1.807, 2.05) is 4.90 Å². The molecule has 0 saturated heterocycles. The summed E-state index contributed by atoms with van der Waals surface area (Å²) in [5.74, 6) is 1.19. The van der Waals surface area contributed by atoms with E-state index in [1.165, 1.54) is 12.8 Å². The van der Waals surface area contributed by atoms with E-state index in [2.05, 4.69) is 33.7 Å². The summed E-state index contributed by atoms with van der Waals surface area (Å²) in [7, 11) is 0. The summed E-state index contributed by atoms with van der Waals surface area (Å²) >= 11 is 6.08. The molecule has 0 amide bonds. The smallest absolute Gasteiger partial charge is 0.231 e. The van der Waals surface area contributed by atoms with Crippen LogP contribution in [0.3, 0.4) is 0 Å². The van der Waals surface area contributed by atoms with Gasteiger partial charge in [0.25, 0.3) is 0 Å². The zero-order valence-corrected chi connectivity index (χ0v) is 13.6. The molecule has 0 atom stereocenters. The van der Waals surface area contributed by atoms with Crippen molar-refractivity contribution in [3.63, 3.8) is 0 Å². The third-order valence-corrected chi connectivity index (χ3v) is 4.16. The zero-order valence-electron chi connectivity index (χ0n) is 12.8. The normalized spacial score (nSPS) is 15.4. The first-order valence-electron chi connectivity index (χ1n) is 7.73. The number of nitrogens with zero attached hydrogens (tertiary/aromatic N) is 5. The number of aliphatic hydroxyl groups excluding tert-OH is 1. The van der Waals surface area contributed by atoms with Crippen LogP contribution in [-0.4, -0.2) is 52.3 Å². The van der Waals surface area contributed by atoms with E-state index in [-0.39, 0.29) is 11.9 Å². The highest BCUT2D eigenvalue weighted by molar-refractivity contribution is 6.28. The summed E-state index contributed by atoms with van der Waals surface area (Å²) in [5.41, 5.74) is 0. The van der Waals surface area contributed by atoms with Gasteiger partial charge in [-0.3, -0.25) is 0 Å². The molecule has 1 heterocycles. The van der Waals surface area contributed by atoms with Crippen molar-refractivity contribution in [2.45, 2.75) is 45.6 Å². The van der Waals surface area contributed by atoms with Gasteiger partial charge in [0.15, 0.2) is 0 Å². The average Bonchev–Trinajstić information content (AvgIpc) is 2.99. The van der Waals surface area contributed by atoms with Crippen LogP contribution >= 0.6 is 11.6 Å². The molecule has 0 unspecified atom stereocenters. The summed E-state index contributed by atoms with van der Waals surface area (Å²) in [6, 6.07) is 0.389. The maximum atomic E-state index is 9.34. The quantitative estimate of drug-likeness (QED) is 0.831. The Balaban J connectivity index is 2.30. The lowest BCUT2D eigenvalue weighted by Crippen LogP contribution is -2.37. The molecule has 21 heavy (non-hydrogen) atoms. The molecule has 0 radical (unpaired) electrons. The predicted octanol–water partition coefficient (Wildman–Crippen LogP) is 2.11. The summed E-state index contributed by atoms with van der Waals surface area (Å²) in [5, 5.41) is 9.55. The minimum atomic E-state index is 0.0837. The van der Waals surface area contributed by atoms with Crippen LogP contribution in [0.5, 0.6) is 0 Å². The standard InChI is InChI=1S/C14H24ClN5O/c1-3-19(4-2)13-16-12(15)17-14(18-13)20(9-10-21)11-7-5-6-8-11/h11,21H,3-10H2,1-2H3. The second kappa shape index (κ2) is 7.75. The van der Waals surface area contributed by atoms with Gasteiger partial charge in [-0.2, -0.15) is 15.0 Å². The fraction of sp³-hybridized carbons (Fsp3) is 0.786. The average molecular weight is 314 g/mol. The first-order chi connectivity index (χ1) is 10.2. The van der Waals surface area contributed by atoms with E-state index in [1.54, 1.807) is 0 Å². The van der Waals surface area contributed by atoms with Crippen LogP contribution in [-0.2, 0) is 0 Å². The van der Waals surface area contributed by atoms with Crippen molar-refractivity contribution >= 4 is 23.5 Å². The Bertz CT molecular complexity index is 449. The van der Waals surface area contributed by atoms with Crippen LogP contribution in [0.1, 0.15) is 39.5 Å². The van der Waals surface area contributed by atoms with Crippen molar-refractivity contribution in [2.75, 3.05) is 36.0 Å². The van der Waals surface area contributed by atoms with Gasteiger partial charge in [0.2, 0.25) is 17.2 Å². The summed E-state index contributed by atoms with van der Waals surface area (Å²) in [4.78, 5) is 17.2. The zero-order chi connectivity index (χ0) is 15.2. The monoisotopic (exact) mass is 313 g/mol. The van der Waals surface area contributed by atoms with E-state index in [4.69, 9.17) is 11.6 Å². The fourth-order valence-electron chi connectivity index (χ4n) is 2.88. The van der Waals surface area contributed by atoms with Gasteiger partial charge in [0, 0.05) is 25.7 Å². The Hall–Kier alpha value is -1.14. The Morgan fingerprint density at radius 1 is 1.10 bits per heavy atom. The maximum absolute atomic E-state index is 9.34. The molecule has 6 nitrogen and oxygen atoms in total. The van der Waals surface area contributed by atoms with E-state index >= 15 is 0 Å². The molecule has 1 aromatic heterocycles. The van der Waals surface area contributed by atoms with Gasteiger partial charge in [-0.05, 0) is 38.3 Å². The highest BCUT2D eigenvalue weighted by Crippen LogP contribution is 2.27. The molecule has 7 heteroatoms. The molecule has 0 spiro atoms. The second-order valence-electron chi connectivity index (χ2n) is 5.23. The van der Waals surface area contributed by atoms with Crippen LogP contribution in [0.4, 0.5) is 11.9 Å². The fourth-order valence-corrected chi connectivity index (χ4v) is 3.03. The highest BCUT2D eigenvalue weighted by atomic mass is 35.5. The van der Waals surface area contributed by atoms with Crippen molar-refractivity contribution < 1.29 is 5.11 Å². The molecule has 0 aliphatic heterocycles. The largest absolute Gasteiger partial charge is 0.395 e. The lowest BCUT2D eigenvalue weighted by molar-refractivity contribution is 0.296. The van der Waals surface area contributed by atoms with Gasteiger partial charge in [-0.25, -0.2) is 0 Å². The Labute approximate surface area is 131 Å². The molecule has 1 aromatic rings. The first kappa shape index (κ1) is 16.2. The molecule has 1 aliphatic rings. The minimum Gasteiger partial charge on any atom is -0.395 e. The highest BCUT2D eigenvalue weighted by Gasteiger charge is 2.25. The summed E-state index contributed by atoms with van der Waals surface area (Å²) in [6.07, 6.45) is 4.66. The number of rotatable bonds is 7. The molecule has 1 saturated carbocycles. The molecule has 2 rings (SSSR count). The van der Waals surface area contributed by atoms with Gasteiger partial charge in [-0.15, -0.1) is 0 Å². The molecule has 1 aliphatic carbocycles. The lowest BCUT2D eigenvalue weighted by Gasteiger charge is -2.29. The number of aliphatic hydroxyl groups is 1. The van der Waals surface area contributed by atoms with Crippen molar-refractivity contribution in [1.29, 1.82) is 0 Å². The number of aromatic nitrogens is 3. The van der Waals surface area contributed by atoms with Crippen LogP contribution in [0.25, 0.3) is 0 Å². The van der Waals surface area contributed by atoms with E-state index in [0.29, 0.717) is 24.5 Å². The van der Waals surface area contributed by atoms with Crippen molar-refractivity contribution in [3.8, 4) is 0 Å². The lowest BCUT2D eigenvalue weighted by atomic mass is 10.2. The van der Waals surface area contributed by atoms with Gasteiger partial charge in [-0.1, -0.05) is 12.8 Å². The summed E-state index contributed by atoms with van der Waals surface area (Å²) in [6.45, 7) is 6.37. The first-order valence-corrected chi connectivity index (χ1v) is 8.11. The number of anilines is 2. The van der Waals surface area contributed by atoms with Crippen molar-refractivity contribution in [3.05, 3.63) is 5.28 Å². The van der Waals surface area contributed by atoms with E-state index in [0.717, 1.165) is 25.9 Å². The third-order valence-electron chi connectivity index (χ3n) is 3.99. The van der Waals surface area contributed by atoms with Crippen molar-refractivity contribution in [2.24, 2.45) is 0 Å². The number of hydrogen-bond acceptors (Lipinski definition) is 6. The predicted molar refractivity (Wildman–Crippen MR) is 85.1 cm³/mol. The molecule has 0 aromatic carbocycles. The van der Waals surface area contributed by atoms with Crippen LogP contribution in [0, 0.1) is 0 Å². The van der Waals surface area contributed by atoms with Crippen molar-refractivity contribution in [1.82, 2.24) is 15.0 Å². The molecule has 1 fully saturated rings. The third kappa shape index (κ3) is 3.95. The van der Waals surface area contributed by atoms with Gasteiger partial charge >= 0.3 is 0 Å². The van der Waals surface area contributed by atoms with Gasteiger partial charge < -0.3 is 14.9 Å². The van der Waals surface area contributed by atoms with Crippen LogP contribution in [0.15, 0.2) is 0 Å². The number of hydrogen-bond donors (Lipinski definition) is 1. The van der Waals surface area contributed by atoms with Crippen LogP contribution in [0.2, 0.25) is 5.28 Å². The molecule has 0 bridgehead atoms. The van der Waals surface area contributed by atoms with Gasteiger partial charge in [0.05, 0.1) is 6.61 Å². The SMILES string of the molecule is CCN(CC)c1nc(Cl)nc(N(CCO)C2CCCC2)n1. The topological polar surface area (TPSA) is 65.4 Å². The summed E-state index contributed by atoms with van der Waals surface area (Å²) < 4.78 is 0. The Morgan fingerprint density at radius 2 is 1.71 bits per heavy atom. The number of halogens is 1. The molecular weight excluding hydrogens is 290 g/mol. The van der Waals surface area contributed by atoms with E-state index in [9.17, 15) is 5.11 Å². The van der Waals surface area contributed by atoms with Gasteiger partial charge in [0.1, 0.15) is 0 Å². The maximum Gasteiger partial charge on any atom is 0.231 e. The van der Waals surface area contributed by atoms with Crippen LogP contribution < -0.4 is 9.80 Å². The molecular formula is C14H24ClN5O. The minimum absolute atomic E-state index is 0.0837. The molecule has 118 valence electrons.